The number of rotatable bonds is 7. The van der Waals surface area contributed by atoms with Crippen LogP contribution < -0.4 is 5.09 Å². The predicted octanol–water partition coefficient (Wildman–Crippen LogP) is 6.62. The van der Waals surface area contributed by atoms with Gasteiger partial charge in [-0.2, -0.15) is 0 Å². The largest absolute Gasteiger partial charge is 0.472 e. The van der Waals surface area contributed by atoms with E-state index in [4.69, 9.17) is 14.8 Å². The van der Waals surface area contributed by atoms with Crippen LogP contribution in [0.1, 0.15) is 22.3 Å². The average Bonchev–Trinajstić information content (AvgIpc) is 3.34. The van der Waals surface area contributed by atoms with Crippen molar-refractivity contribution in [3.8, 4) is 0 Å². The van der Waals surface area contributed by atoms with Gasteiger partial charge in [0.25, 0.3) is 0 Å². The van der Waals surface area contributed by atoms with Gasteiger partial charge in [-0.05, 0) is 34.2 Å². The third-order valence-corrected chi connectivity index (χ3v) is 5.64. The van der Waals surface area contributed by atoms with E-state index in [0.717, 1.165) is 28.1 Å². The maximum absolute atomic E-state index is 8.64. The number of aromatic nitrogens is 1. The van der Waals surface area contributed by atoms with Crippen LogP contribution in [0.15, 0.2) is 101 Å². The molecular weight excluding hydrogens is 506 g/mol. The summed E-state index contributed by atoms with van der Waals surface area (Å²) >= 11 is 2.26. The van der Waals surface area contributed by atoms with Crippen LogP contribution >= 0.6 is 28.4 Å². The first-order valence-corrected chi connectivity index (χ1v) is 13.3. The number of anilines is 1. The van der Waals surface area contributed by atoms with Gasteiger partial charge in [0.05, 0.1) is 35.8 Å². The van der Waals surface area contributed by atoms with Crippen LogP contribution in [0.3, 0.4) is 0 Å². The molecule has 0 spiro atoms. The standard InChI is InChI=1S/C23H18IN4OP/c24-30-28-20-14-26-21(13-19(20)22(25)18-11-12-29-15-18)27-23(16-7-3-1-4-8-16)17-9-5-2-6-10-17/h1-15,25,28,30H. The molecule has 1 atom stereocenters. The number of benzene rings is 2. The van der Waals surface area contributed by atoms with Gasteiger partial charge < -0.3 is 9.50 Å². The van der Waals surface area contributed by atoms with Gasteiger partial charge in [0.15, 0.2) is 5.82 Å². The van der Waals surface area contributed by atoms with Crippen molar-refractivity contribution in [3.05, 3.63) is 114 Å². The zero-order chi connectivity index (χ0) is 20.8. The van der Waals surface area contributed by atoms with Crippen molar-refractivity contribution in [3.63, 3.8) is 0 Å². The zero-order valence-electron chi connectivity index (χ0n) is 15.8. The lowest BCUT2D eigenvalue weighted by molar-refractivity contribution is 0.567. The second kappa shape index (κ2) is 9.78. The Balaban J connectivity index is 1.82. The van der Waals surface area contributed by atoms with E-state index in [2.05, 4.69) is 32.1 Å². The van der Waals surface area contributed by atoms with Gasteiger partial charge in [0.2, 0.25) is 0 Å². The molecule has 1 unspecified atom stereocenters. The van der Waals surface area contributed by atoms with E-state index in [1.54, 1.807) is 24.8 Å². The van der Waals surface area contributed by atoms with Gasteiger partial charge in [0, 0.05) is 28.6 Å². The summed E-state index contributed by atoms with van der Waals surface area (Å²) in [6.07, 6.45) is 5.34. The van der Waals surface area contributed by atoms with E-state index in [1.165, 1.54) is 0 Å². The fourth-order valence-electron chi connectivity index (χ4n) is 3.03. The number of halogens is 1. The number of nitrogens with zero attached hydrogens (tertiary/aromatic N) is 2. The Labute approximate surface area is 189 Å². The van der Waals surface area contributed by atoms with E-state index in [9.17, 15) is 0 Å². The normalized spacial score (nSPS) is 10.8. The van der Waals surface area contributed by atoms with Gasteiger partial charge in [-0.25, -0.2) is 9.98 Å². The molecule has 0 aliphatic carbocycles. The molecule has 2 N–H and O–H groups in total. The Bertz CT molecular complexity index is 1120. The van der Waals surface area contributed by atoms with E-state index in [1.807, 2.05) is 66.7 Å². The summed E-state index contributed by atoms with van der Waals surface area (Å²) < 4.78 is 5.16. The maximum Gasteiger partial charge on any atom is 0.153 e. The van der Waals surface area contributed by atoms with E-state index >= 15 is 0 Å². The van der Waals surface area contributed by atoms with Crippen molar-refractivity contribution < 1.29 is 4.42 Å². The Morgan fingerprint density at radius 3 is 2.20 bits per heavy atom. The van der Waals surface area contributed by atoms with Crippen LogP contribution in [-0.2, 0) is 0 Å². The summed E-state index contributed by atoms with van der Waals surface area (Å²) in [5, 5.41) is 11.9. The number of aliphatic imine (C=N–C) groups is 1. The van der Waals surface area contributed by atoms with Crippen molar-refractivity contribution in [2.24, 2.45) is 4.99 Å². The van der Waals surface area contributed by atoms with Crippen molar-refractivity contribution in [2.45, 2.75) is 0 Å². The van der Waals surface area contributed by atoms with Gasteiger partial charge in [-0.1, -0.05) is 60.7 Å². The number of nitrogens with one attached hydrogen (secondary N) is 2. The van der Waals surface area contributed by atoms with E-state index in [0.29, 0.717) is 23.5 Å². The Hall–Kier alpha value is -2.83. The topological polar surface area (TPSA) is 74.3 Å². The second-order valence-electron chi connectivity index (χ2n) is 6.39. The molecule has 7 heteroatoms. The van der Waals surface area contributed by atoms with E-state index < -0.39 is 0 Å². The lowest BCUT2D eigenvalue weighted by atomic mass is 10.0. The van der Waals surface area contributed by atoms with Gasteiger partial charge in [-0.3, -0.25) is 5.41 Å². The zero-order valence-corrected chi connectivity index (χ0v) is 19.0. The Morgan fingerprint density at radius 1 is 0.967 bits per heavy atom. The van der Waals surface area contributed by atoms with Crippen molar-refractivity contribution >= 4 is 51.3 Å². The molecule has 4 aromatic rings. The molecule has 148 valence electrons. The summed E-state index contributed by atoms with van der Waals surface area (Å²) in [4.78, 5) is 9.43. The summed E-state index contributed by atoms with van der Waals surface area (Å²) in [5.74, 6) is 0.545. The lowest BCUT2D eigenvalue weighted by Gasteiger charge is -2.12. The number of furan rings is 1. The molecule has 0 saturated heterocycles. The molecule has 5 nitrogen and oxygen atoms in total. The molecule has 0 fully saturated rings. The van der Waals surface area contributed by atoms with Gasteiger partial charge >= 0.3 is 0 Å². The maximum atomic E-state index is 8.64. The molecule has 2 aromatic heterocycles. The third kappa shape index (κ3) is 4.66. The minimum absolute atomic E-state index is 0.362. The average molecular weight is 524 g/mol. The number of hydrogen-bond donors (Lipinski definition) is 2. The predicted molar refractivity (Wildman–Crippen MR) is 133 cm³/mol. The summed E-state index contributed by atoms with van der Waals surface area (Å²) in [6.45, 7) is 0. The monoisotopic (exact) mass is 524 g/mol. The van der Waals surface area contributed by atoms with Gasteiger partial charge in [0.1, 0.15) is 0 Å². The smallest absolute Gasteiger partial charge is 0.153 e. The first kappa shape index (κ1) is 20.4. The Kier molecular flexibility index (Phi) is 6.67. The molecule has 0 amide bonds. The van der Waals surface area contributed by atoms with Crippen molar-refractivity contribution in [1.82, 2.24) is 4.98 Å². The van der Waals surface area contributed by atoms with Crippen LogP contribution in [0.5, 0.6) is 0 Å². The lowest BCUT2D eigenvalue weighted by Crippen LogP contribution is -2.05. The minimum Gasteiger partial charge on any atom is -0.472 e. The highest BCUT2D eigenvalue weighted by Gasteiger charge is 2.14. The highest BCUT2D eigenvalue weighted by molar-refractivity contribution is 14.2. The molecule has 2 heterocycles. The van der Waals surface area contributed by atoms with Crippen molar-refractivity contribution in [2.75, 3.05) is 5.09 Å². The molecule has 4 rings (SSSR count). The molecule has 0 radical (unpaired) electrons. The molecule has 30 heavy (non-hydrogen) atoms. The van der Waals surface area contributed by atoms with Crippen LogP contribution in [0.4, 0.5) is 11.5 Å². The molecular formula is C23H18IN4OP. The molecule has 0 bridgehead atoms. The molecule has 0 saturated carbocycles. The van der Waals surface area contributed by atoms with E-state index in [-0.39, 0.29) is 0 Å². The van der Waals surface area contributed by atoms with Crippen molar-refractivity contribution in [1.29, 1.82) is 5.41 Å². The van der Waals surface area contributed by atoms with Gasteiger partial charge in [-0.15, -0.1) is 0 Å². The second-order valence-corrected chi connectivity index (χ2v) is 8.44. The summed E-state index contributed by atoms with van der Waals surface area (Å²) in [6, 6.07) is 23.7. The SMILES string of the molecule is N=C(c1ccoc1)c1cc(N=C(c2ccccc2)c2ccccc2)ncc1NPI. The quantitative estimate of drug-likeness (QED) is 0.162. The van der Waals surface area contributed by atoms with Crippen LogP contribution in [0, 0.1) is 5.41 Å². The molecule has 0 aliphatic heterocycles. The fraction of sp³-hybridized carbons (Fsp3) is 0. The Morgan fingerprint density at radius 2 is 1.63 bits per heavy atom. The van der Waals surface area contributed by atoms with Crippen LogP contribution in [0.25, 0.3) is 0 Å². The fourth-order valence-corrected chi connectivity index (χ4v) is 4.20. The summed E-state index contributed by atoms with van der Waals surface area (Å²) in [5.41, 5.74) is 5.45. The van der Waals surface area contributed by atoms with Crippen LogP contribution in [0.2, 0.25) is 0 Å². The third-order valence-electron chi connectivity index (χ3n) is 4.47. The number of hydrogen-bond acceptors (Lipinski definition) is 5. The first-order chi connectivity index (χ1) is 14.8. The highest BCUT2D eigenvalue weighted by atomic mass is 127. The summed E-state index contributed by atoms with van der Waals surface area (Å²) in [7, 11) is 0. The molecule has 2 aromatic carbocycles. The minimum atomic E-state index is 0.362. The highest BCUT2D eigenvalue weighted by Crippen LogP contribution is 2.30. The first-order valence-electron chi connectivity index (χ1n) is 9.19. The molecule has 0 aliphatic rings. The van der Waals surface area contributed by atoms with Crippen LogP contribution in [-0.4, -0.2) is 16.4 Å². The number of pyridine rings is 1.